The summed E-state index contributed by atoms with van der Waals surface area (Å²) in [7, 11) is 0. The molecule has 0 bridgehead atoms. The smallest absolute Gasteiger partial charge is 0.267 e. The molecule has 6 rings (SSSR count). The van der Waals surface area contributed by atoms with E-state index in [0.717, 1.165) is 40.3 Å². The van der Waals surface area contributed by atoms with Gasteiger partial charge in [0.25, 0.3) is 5.56 Å². The highest BCUT2D eigenvalue weighted by Crippen LogP contribution is 2.36. The van der Waals surface area contributed by atoms with E-state index >= 15 is 0 Å². The Morgan fingerprint density at radius 1 is 1.19 bits per heavy atom. The van der Waals surface area contributed by atoms with Crippen molar-refractivity contribution in [3.63, 3.8) is 0 Å². The minimum absolute atomic E-state index is 0.0832. The molecule has 0 saturated carbocycles. The van der Waals surface area contributed by atoms with Crippen molar-refractivity contribution in [3.8, 4) is 0 Å². The lowest BCUT2D eigenvalue weighted by Crippen LogP contribution is -2.23. The summed E-state index contributed by atoms with van der Waals surface area (Å²) in [6.45, 7) is 2.27. The van der Waals surface area contributed by atoms with Gasteiger partial charge in [-0.05, 0) is 41.2 Å². The van der Waals surface area contributed by atoms with Crippen molar-refractivity contribution in [1.82, 2.24) is 29.7 Å². The van der Waals surface area contributed by atoms with Gasteiger partial charge in [-0.25, -0.2) is 4.98 Å². The molecule has 128 valence electrons. The topological polar surface area (TPSA) is 77.4 Å². The lowest BCUT2D eigenvalue weighted by Gasteiger charge is -2.17. The SMILES string of the molecule is CC1CCc2c(sc3nc4c5ccccc5c5nnnn5n4c(=O)c23)C1. The summed E-state index contributed by atoms with van der Waals surface area (Å²) in [4.78, 5) is 20.5. The number of hydrogen-bond donors (Lipinski definition) is 0. The van der Waals surface area contributed by atoms with Crippen molar-refractivity contribution in [1.29, 1.82) is 0 Å². The molecule has 0 spiro atoms. The Kier molecular flexibility index (Phi) is 2.67. The number of tetrazole rings is 1. The van der Waals surface area contributed by atoms with E-state index in [1.807, 2.05) is 24.3 Å². The molecule has 0 N–H and O–H groups in total. The van der Waals surface area contributed by atoms with Crippen LogP contribution in [-0.2, 0) is 12.8 Å². The normalized spacial score (nSPS) is 17.5. The third kappa shape index (κ3) is 1.69. The summed E-state index contributed by atoms with van der Waals surface area (Å²) in [5, 5.41) is 14.5. The highest BCUT2D eigenvalue weighted by molar-refractivity contribution is 7.18. The van der Waals surface area contributed by atoms with E-state index in [1.54, 1.807) is 11.3 Å². The average molecular weight is 362 g/mol. The van der Waals surface area contributed by atoms with Gasteiger partial charge in [0, 0.05) is 15.6 Å². The Morgan fingerprint density at radius 2 is 2.00 bits per heavy atom. The number of rotatable bonds is 0. The van der Waals surface area contributed by atoms with Gasteiger partial charge >= 0.3 is 0 Å². The lowest BCUT2D eigenvalue weighted by atomic mass is 9.89. The summed E-state index contributed by atoms with van der Waals surface area (Å²) in [5.74, 6) is 0.653. The van der Waals surface area contributed by atoms with Crippen LogP contribution in [0.4, 0.5) is 0 Å². The first kappa shape index (κ1) is 14.3. The molecule has 7 nitrogen and oxygen atoms in total. The Hall–Kier alpha value is -2.87. The molecule has 0 radical (unpaired) electrons. The molecular weight excluding hydrogens is 348 g/mol. The van der Waals surface area contributed by atoms with E-state index in [4.69, 9.17) is 4.98 Å². The van der Waals surface area contributed by atoms with Gasteiger partial charge in [0.15, 0.2) is 5.65 Å². The Balaban J connectivity index is 1.89. The summed E-state index contributed by atoms with van der Waals surface area (Å²) >= 11 is 1.66. The molecule has 5 aromatic rings. The fourth-order valence-electron chi connectivity index (χ4n) is 4.08. The Bertz CT molecular complexity index is 1410. The molecule has 4 aromatic heterocycles. The van der Waals surface area contributed by atoms with Crippen LogP contribution < -0.4 is 5.56 Å². The van der Waals surface area contributed by atoms with Crippen LogP contribution >= 0.6 is 11.3 Å². The van der Waals surface area contributed by atoms with E-state index in [2.05, 4.69) is 22.4 Å². The molecule has 0 fully saturated rings. The minimum atomic E-state index is -0.0832. The summed E-state index contributed by atoms with van der Waals surface area (Å²) in [5.41, 5.74) is 2.25. The van der Waals surface area contributed by atoms with Crippen molar-refractivity contribution in [2.75, 3.05) is 0 Å². The summed E-state index contributed by atoms with van der Waals surface area (Å²) in [6.07, 6.45) is 3.07. The fraction of sp³-hybridized carbons (Fsp3) is 0.278. The number of thiophene rings is 1. The van der Waals surface area contributed by atoms with Crippen LogP contribution in [0.3, 0.4) is 0 Å². The van der Waals surface area contributed by atoms with E-state index < -0.39 is 0 Å². The number of hydrogen-bond acceptors (Lipinski definition) is 6. The van der Waals surface area contributed by atoms with Crippen molar-refractivity contribution in [3.05, 3.63) is 45.1 Å². The quantitative estimate of drug-likeness (QED) is 0.396. The number of aromatic nitrogens is 6. The number of benzene rings is 1. The van der Waals surface area contributed by atoms with E-state index in [0.29, 0.717) is 17.2 Å². The van der Waals surface area contributed by atoms with Gasteiger partial charge in [0.2, 0.25) is 5.65 Å². The van der Waals surface area contributed by atoms with Gasteiger partial charge in [-0.3, -0.25) is 4.79 Å². The van der Waals surface area contributed by atoms with Crippen LogP contribution in [0.2, 0.25) is 0 Å². The first-order chi connectivity index (χ1) is 12.7. The van der Waals surface area contributed by atoms with Crippen LogP contribution in [-0.4, -0.2) is 29.7 Å². The maximum absolute atomic E-state index is 13.5. The van der Waals surface area contributed by atoms with E-state index in [-0.39, 0.29) is 5.56 Å². The molecule has 1 aliphatic carbocycles. The molecule has 26 heavy (non-hydrogen) atoms. The maximum atomic E-state index is 13.5. The van der Waals surface area contributed by atoms with Crippen molar-refractivity contribution < 1.29 is 0 Å². The zero-order valence-corrected chi connectivity index (χ0v) is 14.8. The molecule has 8 heteroatoms. The van der Waals surface area contributed by atoms with Gasteiger partial charge in [-0.2, -0.15) is 4.52 Å². The van der Waals surface area contributed by atoms with Gasteiger partial charge in [-0.15, -0.1) is 21.1 Å². The predicted molar refractivity (Wildman–Crippen MR) is 99.9 cm³/mol. The second kappa shape index (κ2) is 4.85. The van der Waals surface area contributed by atoms with Crippen LogP contribution in [0.15, 0.2) is 29.1 Å². The van der Waals surface area contributed by atoms with Gasteiger partial charge in [0.05, 0.1) is 5.39 Å². The molecule has 0 saturated heterocycles. The van der Waals surface area contributed by atoms with Gasteiger partial charge < -0.3 is 0 Å². The van der Waals surface area contributed by atoms with E-state index in [1.165, 1.54) is 19.6 Å². The van der Waals surface area contributed by atoms with Crippen molar-refractivity contribution >= 4 is 43.6 Å². The summed E-state index contributed by atoms with van der Waals surface area (Å²) in [6, 6.07) is 7.81. The zero-order valence-electron chi connectivity index (χ0n) is 14.0. The highest BCUT2D eigenvalue weighted by Gasteiger charge is 2.25. The molecular formula is C18H14N6OS. The molecule has 1 aromatic carbocycles. The molecule has 1 unspecified atom stereocenters. The largest absolute Gasteiger partial charge is 0.283 e. The first-order valence-corrected chi connectivity index (χ1v) is 9.50. The van der Waals surface area contributed by atoms with Crippen LogP contribution in [0, 0.1) is 5.92 Å². The standard InChI is InChI=1S/C18H14N6OS/c1-9-6-7-12-13(8-9)26-17-14(12)18(25)23-15(19-17)10-4-2-3-5-11(10)16-20-21-22-24(16)23/h2-5,9H,6-8H2,1H3. The maximum Gasteiger partial charge on any atom is 0.283 e. The average Bonchev–Trinajstić information content (AvgIpc) is 3.26. The molecule has 0 amide bonds. The van der Waals surface area contributed by atoms with Gasteiger partial charge in [-0.1, -0.05) is 31.2 Å². The Morgan fingerprint density at radius 3 is 2.85 bits per heavy atom. The first-order valence-electron chi connectivity index (χ1n) is 8.68. The van der Waals surface area contributed by atoms with Crippen molar-refractivity contribution in [2.45, 2.75) is 26.2 Å². The van der Waals surface area contributed by atoms with E-state index in [9.17, 15) is 4.79 Å². The number of aryl methyl sites for hydroxylation is 1. The third-order valence-electron chi connectivity index (χ3n) is 5.36. The third-order valence-corrected chi connectivity index (χ3v) is 6.51. The predicted octanol–water partition coefficient (Wildman–Crippen LogP) is 2.62. The monoisotopic (exact) mass is 362 g/mol. The number of fused-ring (bicyclic) bond motifs is 9. The minimum Gasteiger partial charge on any atom is -0.267 e. The highest BCUT2D eigenvalue weighted by atomic mass is 32.1. The Labute approximate surface area is 150 Å². The van der Waals surface area contributed by atoms with Crippen LogP contribution in [0.5, 0.6) is 0 Å². The number of nitrogens with zero attached hydrogens (tertiary/aromatic N) is 6. The van der Waals surface area contributed by atoms with Crippen LogP contribution in [0.1, 0.15) is 23.8 Å². The fourth-order valence-corrected chi connectivity index (χ4v) is 5.46. The zero-order chi connectivity index (χ0) is 17.4. The summed E-state index contributed by atoms with van der Waals surface area (Å²) < 4.78 is 2.99. The van der Waals surface area contributed by atoms with Gasteiger partial charge in [0.1, 0.15) is 4.83 Å². The van der Waals surface area contributed by atoms with Crippen LogP contribution in [0.25, 0.3) is 32.3 Å². The molecule has 4 heterocycles. The van der Waals surface area contributed by atoms with Crippen molar-refractivity contribution in [2.24, 2.45) is 5.92 Å². The second-order valence-corrected chi connectivity index (χ2v) is 8.11. The second-order valence-electron chi connectivity index (χ2n) is 7.02. The molecule has 1 atom stereocenters. The molecule has 0 aliphatic heterocycles. The molecule has 1 aliphatic rings. The lowest BCUT2D eigenvalue weighted by molar-refractivity contribution is 0.509.